The smallest absolute Gasteiger partial charge is 0.266 e. The minimum atomic E-state index is 0.112. The second-order valence-corrected chi connectivity index (χ2v) is 8.30. The Morgan fingerprint density at radius 1 is 1.22 bits per heavy atom. The molecule has 1 amide bonds. The first-order chi connectivity index (χ1) is 13.2. The van der Waals surface area contributed by atoms with Gasteiger partial charge in [0.05, 0.1) is 12.2 Å². The van der Waals surface area contributed by atoms with Gasteiger partial charge in [-0.2, -0.15) is 4.98 Å². The Kier molecular flexibility index (Phi) is 4.10. The number of nitrogens with zero attached hydrogens (tertiary/aromatic N) is 5. The summed E-state index contributed by atoms with van der Waals surface area (Å²) < 4.78 is 5.46. The molecule has 7 heteroatoms. The number of hydrogen-bond donors (Lipinski definition) is 0. The van der Waals surface area contributed by atoms with Crippen molar-refractivity contribution >= 4 is 11.9 Å². The summed E-state index contributed by atoms with van der Waals surface area (Å²) in [5, 5.41) is 4.23. The SMILES string of the molecule is O=C1CCC2(CCCN(c3noc(C4CC4)n3)C2)CN1Cc1ccccn1. The van der Waals surface area contributed by atoms with Gasteiger partial charge in [0.2, 0.25) is 11.8 Å². The van der Waals surface area contributed by atoms with Crippen LogP contribution in [0.25, 0.3) is 0 Å². The average molecular weight is 367 g/mol. The lowest BCUT2D eigenvalue weighted by atomic mass is 9.73. The van der Waals surface area contributed by atoms with Crippen LogP contribution in [0.2, 0.25) is 0 Å². The molecule has 3 fully saturated rings. The van der Waals surface area contributed by atoms with Crippen LogP contribution in [0.5, 0.6) is 0 Å². The molecule has 0 radical (unpaired) electrons. The lowest BCUT2D eigenvalue weighted by Crippen LogP contribution is -2.54. The van der Waals surface area contributed by atoms with Gasteiger partial charge in [-0.3, -0.25) is 9.78 Å². The standard InChI is InChI=1S/C20H25N5O2/c26-17-7-9-20(14-25(17)12-16-4-1-2-10-21-16)8-3-11-24(13-20)19-22-18(27-23-19)15-5-6-15/h1-2,4,10,15H,3,5-9,11-14H2. The third kappa shape index (κ3) is 3.42. The summed E-state index contributed by atoms with van der Waals surface area (Å²) in [4.78, 5) is 25.8. The van der Waals surface area contributed by atoms with Gasteiger partial charge in [-0.15, -0.1) is 0 Å². The molecule has 1 atom stereocenters. The zero-order valence-electron chi connectivity index (χ0n) is 15.5. The summed E-state index contributed by atoms with van der Waals surface area (Å²) >= 11 is 0. The highest BCUT2D eigenvalue weighted by molar-refractivity contribution is 5.77. The van der Waals surface area contributed by atoms with E-state index in [1.54, 1.807) is 6.20 Å². The van der Waals surface area contributed by atoms with Crippen molar-refractivity contribution in [1.29, 1.82) is 0 Å². The van der Waals surface area contributed by atoms with Crippen LogP contribution in [-0.4, -0.2) is 45.6 Å². The van der Waals surface area contributed by atoms with Gasteiger partial charge in [0.1, 0.15) is 0 Å². The Labute approximate surface area is 158 Å². The highest BCUT2D eigenvalue weighted by Crippen LogP contribution is 2.42. The normalized spacial score (nSPS) is 26.0. The number of hydrogen-bond acceptors (Lipinski definition) is 6. The maximum Gasteiger partial charge on any atom is 0.266 e. The molecule has 3 aliphatic rings. The van der Waals surface area contributed by atoms with E-state index in [4.69, 9.17) is 4.52 Å². The van der Waals surface area contributed by atoms with Crippen molar-refractivity contribution in [2.45, 2.75) is 51.0 Å². The average Bonchev–Trinajstić information content (AvgIpc) is 3.43. The minimum Gasteiger partial charge on any atom is -0.338 e. The molecular weight excluding hydrogens is 342 g/mol. The Hall–Kier alpha value is -2.44. The first-order valence-corrected chi connectivity index (χ1v) is 9.97. The molecule has 2 aromatic heterocycles. The van der Waals surface area contributed by atoms with Gasteiger partial charge in [0.25, 0.3) is 5.95 Å². The molecular formula is C20H25N5O2. The van der Waals surface area contributed by atoms with E-state index in [1.165, 1.54) is 0 Å². The van der Waals surface area contributed by atoms with Crippen molar-refractivity contribution in [3.63, 3.8) is 0 Å². The first kappa shape index (κ1) is 16.7. The van der Waals surface area contributed by atoms with Crippen LogP contribution in [0.15, 0.2) is 28.9 Å². The molecule has 142 valence electrons. The Balaban J connectivity index is 1.31. The van der Waals surface area contributed by atoms with Crippen molar-refractivity contribution in [3.05, 3.63) is 36.0 Å². The molecule has 1 aliphatic carbocycles. The van der Waals surface area contributed by atoms with Crippen molar-refractivity contribution in [2.24, 2.45) is 5.41 Å². The zero-order valence-corrected chi connectivity index (χ0v) is 15.5. The molecule has 4 heterocycles. The van der Waals surface area contributed by atoms with Gasteiger partial charge in [-0.25, -0.2) is 0 Å². The van der Waals surface area contributed by atoms with E-state index in [-0.39, 0.29) is 11.3 Å². The van der Waals surface area contributed by atoms with E-state index in [1.807, 2.05) is 23.1 Å². The topological polar surface area (TPSA) is 75.4 Å². The van der Waals surface area contributed by atoms with Crippen molar-refractivity contribution < 1.29 is 9.32 Å². The molecule has 27 heavy (non-hydrogen) atoms. The van der Waals surface area contributed by atoms with Gasteiger partial charge < -0.3 is 14.3 Å². The summed E-state index contributed by atoms with van der Waals surface area (Å²) in [6.45, 7) is 3.23. The lowest BCUT2D eigenvalue weighted by Gasteiger charge is -2.47. The molecule has 1 spiro atoms. The molecule has 1 unspecified atom stereocenters. The van der Waals surface area contributed by atoms with Crippen LogP contribution >= 0.6 is 0 Å². The zero-order chi connectivity index (χ0) is 18.3. The highest BCUT2D eigenvalue weighted by atomic mass is 16.5. The van der Waals surface area contributed by atoms with Crippen LogP contribution in [0.1, 0.15) is 56.0 Å². The van der Waals surface area contributed by atoms with Gasteiger partial charge >= 0.3 is 0 Å². The summed E-state index contributed by atoms with van der Waals surface area (Å²) in [6, 6.07) is 5.87. The fourth-order valence-electron chi connectivity index (χ4n) is 4.50. The van der Waals surface area contributed by atoms with E-state index in [0.717, 1.165) is 69.3 Å². The van der Waals surface area contributed by atoms with Crippen LogP contribution in [-0.2, 0) is 11.3 Å². The Morgan fingerprint density at radius 2 is 2.15 bits per heavy atom. The highest BCUT2D eigenvalue weighted by Gasteiger charge is 2.43. The van der Waals surface area contributed by atoms with Crippen molar-refractivity contribution in [1.82, 2.24) is 20.0 Å². The molecule has 0 N–H and O–H groups in total. The minimum absolute atomic E-state index is 0.112. The lowest BCUT2D eigenvalue weighted by molar-refractivity contribution is -0.138. The number of pyridine rings is 1. The summed E-state index contributed by atoms with van der Waals surface area (Å²) in [6.07, 6.45) is 7.90. The van der Waals surface area contributed by atoms with Crippen LogP contribution < -0.4 is 4.90 Å². The largest absolute Gasteiger partial charge is 0.338 e. The molecule has 0 aromatic carbocycles. The predicted molar refractivity (Wildman–Crippen MR) is 99.0 cm³/mol. The van der Waals surface area contributed by atoms with Crippen molar-refractivity contribution in [3.8, 4) is 0 Å². The molecule has 2 saturated heterocycles. The quantitative estimate of drug-likeness (QED) is 0.827. The fraction of sp³-hybridized carbons (Fsp3) is 0.600. The van der Waals surface area contributed by atoms with E-state index in [2.05, 4.69) is 20.0 Å². The van der Waals surface area contributed by atoms with E-state index in [0.29, 0.717) is 18.9 Å². The molecule has 1 saturated carbocycles. The van der Waals surface area contributed by atoms with Gasteiger partial charge in [-0.05, 0) is 49.4 Å². The second kappa shape index (κ2) is 6.62. The van der Waals surface area contributed by atoms with Crippen LogP contribution in [0, 0.1) is 5.41 Å². The number of rotatable bonds is 4. The maximum atomic E-state index is 12.5. The van der Waals surface area contributed by atoms with Crippen LogP contribution in [0.4, 0.5) is 5.95 Å². The summed E-state index contributed by atoms with van der Waals surface area (Å²) in [7, 11) is 0. The molecule has 2 aromatic rings. The van der Waals surface area contributed by atoms with Crippen molar-refractivity contribution in [2.75, 3.05) is 24.5 Å². The van der Waals surface area contributed by atoms with Gasteiger partial charge in [0, 0.05) is 43.6 Å². The first-order valence-electron chi connectivity index (χ1n) is 9.97. The molecule has 2 aliphatic heterocycles. The summed E-state index contributed by atoms with van der Waals surface area (Å²) in [5.41, 5.74) is 1.06. The third-order valence-corrected chi connectivity index (χ3v) is 6.13. The number of aromatic nitrogens is 3. The molecule has 7 nitrogen and oxygen atoms in total. The number of piperidine rings is 2. The Bertz CT molecular complexity index is 819. The number of anilines is 1. The Morgan fingerprint density at radius 3 is 2.96 bits per heavy atom. The molecule has 0 bridgehead atoms. The molecule has 5 rings (SSSR count). The number of carbonyl (C=O) groups is 1. The van der Waals surface area contributed by atoms with E-state index >= 15 is 0 Å². The number of likely N-dealkylation sites (tertiary alicyclic amines) is 1. The number of amides is 1. The monoisotopic (exact) mass is 367 g/mol. The summed E-state index contributed by atoms with van der Waals surface area (Å²) in [5.74, 6) is 2.23. The van der Waals surface area contributed by atoms with E-state index in [9.17, 15) is 4.79 Å². The van der Waals surface area contributed by atoms with Gasteiger partial charge in [0.15, 0.2) is 0 Å². The van der Waals surface area contributed by atoms with Crippen LogP contribution in [0.3, 0.4) is 0 Å². The number of carbonyl (C=O) groups excluding carboxylic acids is 1. The third-order valence-electron chi connectivity index (χ3n) is 6.13. The van der Waals surface area contributed by atoms with Gasteiger partial charge in [-0.1, -0.05) is 6.07 Å². The predicted octanol–water partition coefficient (Wildman–Crippen LogP) is 2.75. The fourth-order valence-corrected chi connectivity index (χ4v) is 4.50. The van der Waals surface area contributed by atoms with E-state index < -0.39 is 0 Å². The second-order valence-electron chi connectivity index (χ2n) is 8.30. The maximum absolute atomic E-state index is 12.5.